The van der Waals surface area contributed by atoms with Crippen molar-refractivity contribution in [2.75, 3.05) is 10.0 Å². The minimum absolute atomic E-state index is 0.0130. The van der Waals surface area contributed by atoms with Crippen molar-refractivity contribution in [2.45, 2.75) is 50.0 Å². The number of fused-ring (bicyclic) bond motifs is 7. The number of hydrogen-bond donors (Lipinski definition) is 3. The van der Waals surface area contributed by atoms with Crippen LogP contribution in [0.2, 0.25) is 0 Å². The molecule has 0 saturated heterocycles. The minimum atomic E-state index is -3.87. The van der Waals surface area contributed by atoms with Crippen molar-refractivity contribution in [3.63, 3.8) is 0 Å². The van der Waals surface area contributed by atoms with Gasteiger partial charge in [0.25, 0.3) is 10.0 Å². The first kappa shape index (κ1) is 22.2. The van der Waals surface area contributed by atoms with E-state index < -0.39 is 16.0 Å². The van der Waals surface area contributed by atoms with Crippen LogP contribution in [0.5, 0.6) is 0 Å². The number of benzene rings is 2. The molecule has 182 valence electrons. The van der Waals surface area contributed by atoms with E-state index in [4.69, 9.17) is 4.42 Å². The molecule has 1 aromatic heterocycles. The highest BCUT2D eigenvalue weighted by Crippen LogP contribution is 2.63. The van der Waals surface area contributed by atoms with Gasteiger partial charge >= 0.3 is 12.0 Å². The fourth-order valence-corrected chi connectivity index (χ4v) is 7.48. The van der Waals surface area contributed by atoms with Gasteiger partial charge in [0.05, 0.1) is 22.2 Å². The third kappa shape index (κ3) is 3.60. The molecule has 0 radical (unpaired) electrons. The molecule has 8 nitrogen and oxygen atoms in total. The number of rotatable bonds is 5. The predicted octanol–water partition coefficient (Wildman–Crippen LogP) is 5.09. The molecule has 1 aliphatic heterocycles. The van der Waals surface area contributed by atoms with E-state index in [0.717, 1.165) is 36.1 Å². The first-order valence-electron chi connectivity index (χ1n) is 11.9. The zero-order chi connectivity index (χ0) is 24.5. The largest absolute Gasteiger partial charge is 0.478 e. The van der Waals surface area contributed by atoms with Gasteiger partial charge in [0.2, 0.25) is 0 Å². The maximum Gasteiger partial charge on any atom is 0.335 e. The molecule has 0 amide bonds. The zero-order valence-electron chi connectivity index (χ0n) is 19.5. The van der Waals surface area contributed by atoms with Crippen molar-refractivity contribution in [1.82, 2.24) is 4.98 Å². The number of anilines is 2. The first-order valence-corrected chi connectivity index (χ1v) is 13.4. The lowest BCUT2D eigenvalue weighted by atomic mass is 9.68. The van der Waals surface area contributed by atoms with E-state index in [1.165, 1.54) is 0 Å². The lowest BCUT2D eigenvalue weighted by Gasteiger charge is -2.43. The van der Waals surface area contributed by atoms with Crippen LogP contribution in [0.3, 0.4) is 0 Å². The Morgan fingerprint density at radius 1 is 1.14 bits per heavy atom. The molecule has 2 saturated carbocycles. The third-order valence-corrected chi connectivity index (χ3v) is 9.43. The second-order valence-corrected chi connectivity index (χ2v) is 11.7. The van der Waals surface area contributed by atoms with Gasteiger partial charge in [-0.2, -0.15) is 4.98 Å². The molecule has 3 aliphatic rings. The molecule has 3 N–H and O–H groups in total. The Kier molecular flexibility index (Phi) is 4.96. The second kappa shape index (κ2) is 7.84. The van der Waals surface area contributed by atoms with Crippen molar-refractivity contribution >= 4 is 27.7 Å². The first-order chi connectivity index (χ1) is 16.7. The molecule has 2 fully saturated rings. The molecule has 0 spiro atoms. The summed E-state index contributed by atoms with van der Waals surface area (Å²) in [6.07, 6.45) is 3.41. The number of aromatic carboxylic acids is 1. The lowest BCUT2D eigenvalue weighted by Crippen LogP contribution is -2.35. The normalized spacial score (nSPS) is 26.6. The van der Waals surface area contributed by atoms with E-state index in [9.17, 15) is 18.3 Å². The summed E-state index contributed by atoms with van der Waals surface area (Å²) < 4.78 is 34.2. The average molecular weight is 494 g/mol. The number of aromatic nitrogens is 1. The van der Waals surface area contributed by atoms with Gasteiger partial charge in [-0.25, -0.2) is 17.9 Å². The van der Waals surface area contributed by atoms with E-state index in [-0.39, 0.29) is 34.4 Å². The van der Waals surface area contributed by atoms with Gasteiger partial charge in [0, 0.05) is 5.69 Å². The molecule has 0 unspecified atom stereocenters. The van der Waals surface area contributed by atoms with E-state index >= 15 is 0 Å². The van der Waals surface area contributed by atoms with Gasteiger partial charge in [0.15, 0.2) is 0 Å². The molecular formula is C26H27N3O5S. The van der Waals surface area contributed by atoms with Gasteiger partial charge in [-0.05, 0) is 98.2 Å². The molecule has 2 aromatic carbocycles. The van der Waals surface area contributed by atoms with Gasteiger partial charge < -0.3 is 14.8 Å². The standard InChI is InChI=1S/C26H27N3O5S/c1-13-14(2)34-26(27-13)29-35(32,33)19-8-9-21-20(12-19)22-15-6-7-16(10-15)23(22)24(28-21)17-4-3-5-18(11-17)25(30)31/h3-5,8-9,11-12,15-16,22-24,28H,6-7,10H2,1-2H3,(H,27,29)(H,30,31)/t15-,16+,22+,23+,24+/m1/s1. The molecular weight excluding hydrogens is 466 g/mol. The Labute approximate surface area is 203 Å². The fourth-order valence-electron chi connectivity index (χ4n) is 6.52. The van der Waals surface area contributed by atoms with E-state index in [1.54, 1.807) is 44.2 Å². The third-order valence-electron chi connectivity index (χ3n) is 8.11. The van der Waals surface area contributed by atoms with Crippen molar-refractivity contribution in [1.29, 1.82) is 0 Å². The molecule has 2 aliphatic carbocycles. The van der Waals surface area contributed by atoms with Crippen LogP contribution in [-0.2, 0) is 10.0 Å². The van der Waals surface area contributed by atoms with Crippen LogP contribution in [-0.4, -0.2) is 24.5 Å². The minimum Gasteiger partial charge on any atom is -0.478 e. The molecule has 6 rings (SSSR count). The summed E-state index contributed by atoms with van der Waals surface area (Å²) in [5.74, 6) is 1.17. The number of carbonyl (C=O) groups is 1. The number of carboxylic acid groups (broad SMARTS) is 1. The fraction of sp³-hybridized carbons (Fsp3) is 0.385. The van der Waals surface area contributed by atoms with Crippen molar-refractivity contribution in [2.24, 2.45) is 17.8 Å². The van der Waals surface area contributed by atoms with Crippen molar-refractivity contribution in [3.8, 4) is 0 Å². The maximum atomic E-state index is 13.2. The topological polar surface area (TPSA) is 122 Å². The van der Waals surface area contributed by atoms with Crippen LogP contribution in [0.4, 0.5) is 11.7 Å². The van der Waals surface area contributed by atoms with Crippen LogP contribution >= 0.6 is 0 Å². The molecule has 35 heavy (non-hydrogen) atoms. The summed E-state index contributed by atoms with van der Waals surface area (Å²) in [5.41, 5.74) is 3.81. The Bertz CT molecular complexity index is 1430. The van der Waals surface area contributed by atoms with Crippen LogP contribution < -0.4 is 10.0 Å². The summed E-state index contributed by atoms with van der Waals surface area (Å²) in [7, 11) is -3.87. The van der Waals surface area contributed by atoms with E-state index in [1.807, 2.05) is 12.1 Å². The van der Waals surface area contributed by atoms with Gasteiger partial charge in [0.1, 0.15) is 5.76 Å². The Balaban J connectivity index is 1.38. The SMILES string of the molecule is Cc1nc(NS(=O)(=O)c2ccc3c(c2)[C@@H]2[C@@H]4CC[C@@H](C4)[C@@H]2[C@H](c2cccc(C(=O)O)c2)N3)oc1C. The van der Waals surface area contributed by atoms with Crippen LogP contribution in [0.25, 0.3) is 0 Å². The summed E-state index contributed by atoms with van der Waals surface area (Å²) >= 11 is 0. The number of oxazole rings is 1. The maximum absolute atomic E-state index is 13.2. The Morgan fingerprint density at radius 3 is 2.69 bits per heavy atom. The number of aryl methyl sites for hydroxylation is 2. The smallest absolute Gasteiger partial charge is 0.335 e. The monoisotopic (exact) mass is 493 g/mol. The highest BCUT2D eigenvalue weighted by molar-refractivity contribution is 7.92. The number of nitrogens with one attached hydrogen (secondary N) is 2. The van der Waals surface area contributed by atoms with Crippen molar-refractivity contribution in [3.05, 3.63) is 70.6 Å². The molecule has 2 bridgehead atoms. The second-order valence-electron chi connectivity index (χ2n) is 10.0. The highest BCUT2D eigenvalue weighted by Gasteiger charge is 2.54. The summed E-state index contributed by atoms with van der Waals surface area (Å²) in [5, 5.41) is 13.1. The highest BCUT2D eigenvalue weighted by atomic mass is 32.2. The van der Waals surface area contributed by atoms with Crippen LogP contribution in [0, 0.1) is 31.6 Å². The van der Waals surface area contributed by atoms with E-state index in [2.05, 4.69) is 15.0 Å². The molecule has 5 atom stereocenters. The number of carboxylic acids is 1. The lowest BCUT2D eigenvalue weighted by molar-refractivity contribution is 0.0696. The van der Waals surface area contributed by atoms with Gasteiger partial charge in [-0.1, -0.05) is 12.1 Å². The number of nitrogens with zero attached hydrogens (tertiary/aromatic N) is 1. The molecule has 3 aromatic rings. The summed E-state index contributed by atoms with van der Waals surface area (Å²) in [4.78, 5) is 15.9. The number of sulfonamides is 1. The van der Waals surface area contributed by atoms with Gasteiger partial charge in [-0.3, -0.25) is 0 Å². The molecule has 2 heterocycles. The Morgan fingerprint density at radius 2 is 1.94 bits per heavy atom. The summed E-state index contributed by atoms with van der Waals surface area (Å²) in [6, 6.07) is 12.3. The van der Waals surface area contributed by atoms with Gasteiger partial charge in [-0.15, -0.1) is 0 Å². The predicted molar refractivity (Wildman–Crippen MR) is 130 cm³/mol. The van der Waals surface area contributed by atoms with Crippen molar-refractivity contribution < 1.29 is 22.7 Å². The zero-order valence-corrected chi connectivity index (χ0v) is 20.3. The molecule has 9 heteroatoms. The van der Waals surface area contributed by atoms with Crippen LogP contribution in [0.15, 0.2) is 51.8 Å². The van der Waals surface area contributed by atoms with Crippen LogP contribution in [0.1, 0.15) is 64.2 Å². The average Bonchev–Trinajstić information content (AvgIpc) is 3.53. The summed E-state index contributed by atoms with van der Waals surface area (Å²) in [6.45, 7) is 3.50. The Hall–Kier alpha value is -3.33. The van der Waals surface area contributed by atoms with E-state index in [0.29, 0.717) is 23.3 Å². The number of hydrogen-bond acceptors (Lipinski definition) is 6. The quantitative estimate of drug-likeness (QED) is 0.453.